The number of thiocarbonyl (C=S) groups is 1. The number of carbonyl (C=O) groups is 1. The van der Waals surface area contributed by atoms with Crippen molar-refractivity contribution in [3.05, 3.63) is 76.7 Å². The summed E-state index contributed by atoms with van der Waals surface area (Å²) < 4.78 is 0.525. The number of rotatable bonds is 3. The van der Waals surface area contributed by atoms with Crippen molar-refractivity contribution in [2.75, 3.05) is 4.90 Å². The first-order valence-corrected chi connectivity index (χ1v) is 8.51. The molecule has 0 radical (unpaired) electrons. The molecule has 3 nitrogen and oxygen atoms in total. The van der Waals surface area contributed by atoms with Crippen LogP contribution in [0.5, 0.6) is 0 Å². The fourth-order valence-corrected chi connectivity index (χ4v) is 3.68. The SMILES string of the molecule is C=C(O)c1ccc(/C=C2\SC(=S)N(c3cccc(C)c3)C2=O)cc1. The molecule has 0 saturated carbocycles. The lowest BCUT2D eigenvalue weighted by atomic mass is 10.1. The van der Waals surface area contributed by atoms with Crippen LogP contribution in [-0.2, 0) is 4.79 Å². The molecular weight excluding hydrogens is 338 g/mol. The quantitative estimate of drug-likeness (QED) is 0.482. The van der Waals surface area contributed by atoms with Crippen LogP contribution < -0.4 is 4.90 Å². The van der Waals surface area contributed by atoms with E-state index < -0.39 is 0 Å². The number of thioether (sulfide) groups is 1. The van der Waals surface area contributed by atoms with Gasteiger partial charge in [-0.3, -0.25) is 9.69 Å². The fraction of sp³-hybridized carbons (Fsp3) is 0.0526. The maximum Gasteiger partial charge on any atom is 0.270 e. The van der Waals surface area contributed by atoms with E-state index in [9.17, 15) is 9.90 Å². The van der Waals surface area contributed by atoms with Gasteiger partial charge >= 0.3 is 0 Å². The number of hydrogen-bond donors (Lipinski definition) is 1. The third-order valence-corrected chi connectivity index (χ3v) is 4.90. The van der Waals surface area contributed by atoms with Gasteiger partial charge in [0.05, 0.1) is 10.6 Å². The molecule has 1 N–H and O–H groups in total. The summed E-state index contributed by atoms with van der Waals surface area (Å²) >= 11 is 6.66. The molecule has 2 aromatic carbocycles. The molecule has 0 unspecified atom stereocenters. The van der Waals surface area contributed by atoms with Crippen LogP contribution in [0.3, 0.4) is 0 Å². The second-order valence-electron chi connectivity index (χ2n) is 5.42. The highest BCUT2D eigenvalue weighted by Crippen LogP contribution is 2.36. The van der Waals surface area contributed by atoms with Crippen LogP contribution in [0.1, 0.15) is 16.7 Å². The molecule has 5 heteroatoms. The molecule has 3 rings (SSSR count). The predicted molar refractivity (Wildman–Crippen MR) is 105 cm³/mol. The number of nitrogens with zero attached hydrogens (tertiary/aromatic N) is 1. The van der Waals surface area contributed by atoms with Gasteiger partial charge in [-0.2, -0.15) is 0 Å². The minimum Gasteiger partial charge on any atom is -0.508 e. The highest BCUT2D eigenvalue weighted by molar-refractivity contribution is 8.27. The van der Waals surface area contributed by atoms with Crippen LogP contribution in [0, 0.1) is 6.92 Å². The molecule has 24 heavy (non-hydrogen) atoms. The van der Waals surface area contributed by atoms with E-state index in [1.54, 1.807) is 23.1 Å². The molecule has 1 aliphatic heterocycles. The van der Waals surface area contributed by atoms with E-state index in [1.165, 1.54) is 11.8 Å². The third kappa shape index (κ3) is 3.27. The van der Waals surface area contributed by atoms with Crippen LogP contribution >= 0.6 is 24.0 Å². The summed E-state index contributed by atoms with van der Waals surface area (Å²) in [5.74, 6) is -0.0986. The molecule has 1 heterocycles. The molecule has 0 atom stereocenters. The summed E-state index contributed by atoms with van der Waals surface area (Å²) in [5, 5.41) is 9.37. The van der Waals surface area contributed by atoms with Crippen molar-refractivity contribution in [1.82, 2.24) is 0 Å². The molecule has 120 valence electrons. The Morgan fingerprint density at radius 3 is 2.58 bits per heavy atom. The first kappa shape index (κ1) is 16.5. The Labute approximate surface area is 150 Å². The van der Waals surface area contributed by atoms with Gasteiger partial charge in [-0.25, -0.2) is 0 Å². The fourth-order valence-electron chi connectivity index (χ4n) is 2.38. The topological polar surface area (TPSA) is 40.5 Å². The van der Waals surface area contributed by atoms with Crippen LogP contribution in [0.4, 0.5) is 5.69 Å². The number of hydrogen-bond acceptors (Lipinski definition) is 4. The second kappa shape index (κ2) is 6.63. The largest absolute Gasteiger partial charge is 0.508 e. The molecule has 0 aliphatic carbocycles. The average Bonchev–Trinajstić information content (AvgIpc) is 2.82. The number of benzene rings is 2. The highest BCUT2D eigenvalue weighted by atomic mass is 32.2. The van der Waals surface area contributed by atoms with Crippen molar-refractivity contribution >= 4 is 51.7 Å². The molecule has 0 bridgehead atoms. The summed E-state index contributed by atoms with van der Waals surface area (Å²) in [7, 11) is 0. The Morgan fingerprint density at radius 1 is 1.25 bits per heavy atom. The predicted octanol–water partition coefficient (Wildman–Crippen LogP) is 4.93. The minimum absolute atomic E-state index is 0.0207. The van der Waals surface area contributed by atoms with Gasteiger partial charge in [-0.15, -0.1) is 0 Å². The van der Waals surface area contributed by atoms with Gasteiger partial charge in [-0.1, -0.05) is 67.0 Å². The number of amides is 1. The van der Waals surface area contributed by atoms with E-state index in [0.29, 0.717) is 14.8 Å². The zero-order valence-corrected chi connectivity index (χ0v) is 14.7. The Balaban J connectivity index is 1.89. The number of aliphatic hydroxyl groups is 1. The Bertz CT molecular complexity index is 869. The van der Waals surface area contributed by atoms with Crippen molar-refractivity contribution in [3.63, 3.8) is 0 Å². The molecule has 1 amide bonds. The van der Waals surface area contributed by atoms with Crippen LogP contribution in [-0.4, -0.2) is 15.3 Å². The smallest absolute Gasteiger partial charge is 0.270 e. The van der Waals surface area contributed by atoms with Gasteiger partial charge in [0.25, 0.3) is 5.91 Å². The maximum absolute atomic E-state index is 12.7. The molecule has 2 aromatic rings. The minimum atomic E-state index is -0.119. The van der Waals surface area contributed by atoms with E-state index >= 15 is 0 Å². The lowest BCUT2D eigenvalue weighted by Gasteiger charge is -2.14. The van der Waals surface area contributed by atoms with Crippen LogP contribution in [0.15, 0.2) is 60.0 Å². The van der Waals surface area contributed by atoms with Crippen molar-refractivity contribution in [2.24, 2.45) is 0 Å². The lowest BCUT2D eigenvalue weighted by Crippen LogP contribution is -2.27. The van der Waals surface area contributed by atoms with Gasteiger partial charge in [0.15, 0.2) is 4.32 Å². The molecule has 1 saturated heterocycles. The Hall–Kier alpha value is -2.37. The van der Waals surface area contributed by atoms with Gasteiger partial charge in [0.1, 0.15) is 5.76 Å². The summed E-state index contributed by atoms with van der Waals surface area (Å²) in [4.78, 5) is 14.8. The van der Waals surface area contributed by atoms with Gasteiger partial charge < -0.3 is 5.11 Å². The van der Waals surface area contributed by atoms with E-state index in [0.717, 1.165) is 16.8 Å². The highest BCUT2D eigenvalue weighted by Gasteiger charge is 2.33. The molecule has 0 spiro atoms. The van der Waals surface area contributed by atoms with Crippen molar-refractivity contribution in [1.29, 1.82) is 0 Å². The Morgan fingerprint density at radius 2 is 1.96 bits per heavy atom. The Kier molecular flexibility index (Phi) is 4.55. The zero-order valence-electron chi connectivity index (χ0n) is 13.0. The van der Waals surface area contributed by atoms with Crippen LogP contribution in [0.25, 0.3) is 11.8 Å². The average molecular weight is 353 g/mol. The van der Waals surface area contributed by atoms with Crippen LogP contribution in [0.2, 0.25) is 0 Å². The van der Waals surface area contributed by atoms with E-state index in [1.807, 2.05) is 43.3 Å². The van der Waals surface area contributed by atoms with E-state index in [2.05, 4.69) is 6.58 Å². The lowest BCUT2D eigenvalue weighted by molar-refractivity contribution is -0.113. The van der Waals surface area contributed by atoms with E-state index in [4.69, 9.17) is 12.2 Å². The van der Waals surface area contributed by atoms with E-state index in [-0.39, 0.29) is 11.7 Å². The normalized spacial score (nSPS) is 16.0. The molecule has 0 aromatic heterocycles. The number of aryl methyl sites for hydroxylation is 1. The summed E-state index contributed by atoms with van der Waals surface area (Å²) in [6.07, 6.45) is 1.80. The van der Waals surface area contributed by atoms with Crippen molar-refractivity contribution in [2.45, 2.75) is 6.92 Å². The number of carbonyl (C=O) groups excluding carboxylic acids is 1. The first-order valence-electron chi connectivity index (χ1n) is 7.28. The van der Waals surface area contributed by atoms with Gasteiger partial charge in [0, 0.05) is 5.56 Å². The second-order valence-corrected chi connectivity index (χ2v) is 7.10. The molecule has 1 fully saturated rings. The van der Waals surface area contributed by atoms with Gasteiger partial charge in [-0.05, 0) is 36.3 Å². The summed E-state index contributed by atoms with van der Waals surface area (Å²) in [6.45, 7) is 5.47. The maximum atomic E-state index is 12.7. The third-order valence-electron chi connectivity index (χ3n) is 3.60. The van der Waals surface area contributed by atoms with Crippen molar-refractivity contribution < 1.29 is 9.90 Å². The summed E-state index contributed by atoms with van der Waals surface area (Å²) in [5.41, 5.74) is 3.38. The standard InChI is InChI=1S/C19H15NO2S2/c1-12-4-3-5-16(10-12)20-18(22)17(24-19(20)23)11-14-6-8-15(9-7-14)13(2)21/h3-11,21H,2H2,1H3/b17-11-. The molecular formula is C19H15NO2S2. The first-order chi connectivity index (χ1) is 11.5. The number of anilines is 1. The number of aliphatic hydroxyl groups excluding tert-OH is 1. The zero-order chi connectivity index (χ0) is 17.3. The van der Waals surface area contributed by atoms with Gasteiger partial charge in [0.2, 0.25) is 0 Å². The summed E-state index contributed by atoms with van der Waals surface area (Å²) in [6, 6.07) is 14.9. The monoisotopic (exact) mass is 353 g/mol. The van der Waals surface area contributed by atoms with Crippen molar-refractivity contribution in [3.8, 4) is 0 Å². The molecule has 1 aliphatic rings.